The van der Waals surface area contributed by atoms with Crippen LogP contribution in [0.2, 0.25) is 15.1 Å². The zero-order valence-electron chi connectivity index (χ0n) is 22.7. The summed E-state index contributed by atoms with van der Waals surface area (Å²) in [5, 5.41) is 3.96. The Morgan fingerprint density at radius 3 is 2.20 bits per heavy atom. The first-order valence-electron chi connectivity index (χ1n) is 12.7. The second-order valence-electron chi connectivity index (χ2n) is 9.55. The normalized spacial score (nSPS) is 12.2. The van der Waals surface area contributed by atoms with Gasteiger partial charge in [0.1, 0.15) is 12.6 Å². The minimum atomic E-state index is -4.20. The molecule has 0 aliphatic heterocycles. The van der Waals surface area contributed by atoms with E-state index in [9.17, 15) is 18.0 Å². The highest BCUT2D eigenvalue weighted by Crippen LogP contribution is 2.31. The van der Waals surface area contributed by atoms with E-state index in [0.717, 1.165) is 4.31 Å². The lowest BCUT2D eigenvalue weighted by Gasteiger charge is -2.34. The molecule has 0 heterocycles. The molecule has 40 heavy (non-hydrogen) atoms. The van der Waals surface area contributed by atoms with Gasteiger partial charge in [-0.05, 0) is 74.7 Å². The Bertz CT molecular complexity index is 1470. The van der Waals surface area contributed by atoms with Gasteiger partial charge in [0.15, 0.2) is 0 Å². The molecule has 0 aliphatic carbocycles. The van der Waals surface area contributed by atoms with E-state index in [4.69, 9.17) is 34.8 Å². The zero-order chi connectivity index (χ0) is 29.6. The lowest BCUT2D eigenvalue weighted by Crippen LogP contribution is -2.53. The molecule has 0 fully saturated rings. The van der Waals surface area contributed by atoms with Crippen LogP contribution in [-0.2, 0) is 26.2 Å². The number of amides is 2. The van der Waals surface area contributed by atoms with E-state index < -0.39 is 28.5 Å². The average molecular weight is 625 g/mol. The van der Waals surface area contributed by atoms with Crippen LogP contribution in [0.15, 0.2) is 71.6 Å². The largest absolute Gasteiger partial charge is 0.352 e. The smallest absolute Gasteiger partial charge is 0.264 e. The fourth-order valence-electron chi connectivity index (χ4n) is 4.23. The maximum absolute atomic E-state index is 14.1. The summed E-state index contributed by atoms with van der Waals surface area (Å²) in [6.07, 6.45) is 0.289. The SMILES string of the molecule is CC[C@H](C(=O)NC(C)C)N(Cc1ccc(Cl)cc1Cl)C(=O)CN(c1cccc(Cl)c1C)S(=O)(=O)c1ccccc1. The third-order valence-corrected chi connectivity index (χ3v) is 9.06. The van der Waals surface area contributed by atoms with Crippen molar-refractivity contribution in [3.63, 3.8) is 0 Å². The second-order valence-corrected chi connectivity index (χ2v) is 12.7. The van der Waals surface area contributed by atoms with Gasteiger partial charge in [0, 0.05) is 27.7 Å². The van der Waals surface area contributed by atoms with Gasteiger partial charge in [0.05, 0.1) is 10.6 Å². The molecule has 214 valence electrons. The molecular formula is C29H32Cl3N3O4S. The predicted octanol–water partition coefficient (Wildman–Crippen LogP) is 6.48. The van der Waals surface area contributed by atoms with E-state index >= 15 is 0 Å². The Morgan fingerprint density at radius 1 is 0.925 bits per heavy atom. The summed E-state index contributed by atoms with van der Waals surface area (Å²) >= 11 is 18.9. The van der Waals surface area contributed by atoms with Crippen LogP contribution >= 0.6 is 34.8 Å². The molecule has 3 aromatic carbocycles. The Labute approximate surface area is 251 Å². The molecule has 3 rings (SSSR count). The summed E-state index contributed by atoms with van der Waals surface area (Å²) in [5.41, 5.74) is 1.31. The molecule has 2 amide bonds. The first-order chi connectivity index (χ1) is 18.9. The van der Waals surface area contributed by atoms with Gasteiger partial charge in [-0.1, -0.05) is 72.1 Å². The Balaban J connectivity index is 2.12. The van der Waals surface area contributed by atoms with Crippen LogP contribution in [0.4, 0.5) is 5.69 Å². The van der Waals surface area contributed by atoms with Gasteiger partial charge < -0.3 is 10.2 Å². The van der Waals surface area contributed by atoms with Gasteiger partial charge in [0.2, 0.25) is 11.8 Å². The van der Waals surface area contributed by atoms with Crippen LogP contribution in [0, 0.1) is 6.92 Å². The highest BCUT2D eigenvalue weighted by atomic mass is 35.5. The van der Waals surface area contributed by atoms with E-state index in [0.29, 0.717) is 26.2 Å². The van der Waals surface area contributed by atoms with Gasteiger partial charge in [-0.25, -0.2) is 8.42 Å². The van der Waals surface area contributed by atoms with Crippen LogP contribution in [0.25, 0.3) is 0 Å². The molecule has 3 aromatic rings. The Kier molecular flexibility index (Phi) is 10.9. The summed E-state index contributed by atoms with van der Waals surface area (Å²) in [4.78, 5) is 28.7. The number of hydrogen-bond donors (Lipinski definition) is 1. The van der Waals surface area contributed by atoms with E-state index in [1.54, 1.807) is 68.4 Å². The van der Waals surface area contributed by atoms with E-state index in [1.807, 2.05) is 13.8 Å². The molecular weight excluding hydrogens is 593 g/mol. The number of benzene rings is 3. The summed E-state index contributed by atoms with van der Waals surface area (Å²) in [7, 11) is -4.20. The maximum atomic E-state index is 14.1. The van der Waals surface area contributed by atoms with E-state index in [-0.39, 0.29) is 35.5 Å². The quantitative estimate of drug-likeness (QED) is 0.265. The lowest BCUT2D eigenvalue weighted by atomic mass is 10.1. The van der Waals surface area contributed by atoms with Crippen molar-refractivity contribution >= 4 is 62.3 Å². The fourth-order valence-corrected chi connectivity index (χ4v) is 6.36. The number of carbonyl (C=O) groups is 2. The number of hydrogen-bond acceptors (Lipinski definition) is 4. The van der Waals surface area contributed by atoms with Gasteiger partial charge in [-0.3, -0.25) is 13.9 Å². The summed E-state index contributed by atoms with van der Waals surface area (Å²) in [6.45, 7) is 6.51. The molecule has 11 heteroatoms. The number of sulfonamides is 1. The number of nitrogens with zero attached hydrogens (tertiary/aromatic N) is 2. The molecule has 0 spiro atoms. The molecule has 1 N–H and O–H groups in total. The van der Waals surface area contributed by atoms with E-state index in [1.165, 1.54) is 17.0 Å². The summed E-state index contributed by atoms with van der Waals surface area (Å²) in [5.74, 6) is -0.942. The van der Waals surface area contributed by atoms with E-state index in [2.05, 4.69) is 5.32 Å². The molecule has 0 aliphatic rings. The minimum absolute atomic E-state index is 0.0130. The number of halogens is 3. The standard InChI is InChI=1S/C29H32Cl3N3O4S/c1-5-26(29(37)33-19(2)3)34(17-21-14-15-22(30)16-25(21)32)28(36)18-35(27-13-9-12-24(31)20(27)4)40(38,39)23-10-7-6-8-11-23/h6-16,19,26H,5,17-18H2,1-4H3,(H,33,37)/t26-/m1/s1. The molecule has 0 radical (unpaired) electrons. The van der Waals surface area contributed by atoms with Crippen molar-refractivity contribution < 1.29 is 18.0 Å². The van der Waals surface area contributed by atoms with Crippen molar-refractivity contribution in [2.45, 2.75) is 57.6 Å². The topological polar surface area (TPSA) is 86.8 Å². The number of nitrogens with one attached hydrogen (secondary N) is 1. The third kappa shape index (κ3) is 7.49. The van der Waals surface area contributed by atoms with Gasteiger partial charge in [0.25, 0.3) is 10.0 Å². The van der Waals surface area contributed by atoms with Crippen LogP contribution in [0.5, 0.6) is 0 Å². The van der Waals surface area contributed by atoms with Crippen LogP contribution in [0.1, 0.15) is 38.3 Å². The molecule has 0 saturated carbocycles. The van der Waals surface area contributed by atoms with Gasteiger partial charge in [-0.15, -0.1) is 0 Å². The van der Waals surface area contributed by atoms with Crippen molar-refractivity contribution in [2.24, 2.45) is 0 Å². The second kappa shape index (κ2) is 13.7. The summed E-state index contributed by atoms with van der Waals surface area (Å²) in [6, 6.07) is 16.5. The van der Waals surface area contributed by atoms with Crippen LogP contribution in [0.3, 0.4) is 0 Å². The lowest BCUT2D eigenvalue weighted by molar-refractivity contribution is -0.140. The van der Waals surface area contributed by atoms with Gasteiger partial charge in [-0.2, -0.15) is 0 Å². The molecule has 0 saturated heterocycles. The monoisotopic (exact) mass is 623 g/mol. The number of carbonyl (C=O) groups excluding carboxylic acids is 2. The molecule has 1 atom stereocenters. The molecule has 0 aromatic heterocycles. The molecule has 7 nitrogen and oxygen atoms in total. The first-order valence-corrected chi connectivity index (χ1v) is 15.3. The van der Waals surface area contributed by atoms with Crippen molar-refractivity contribution in [1.29, 1.82) is 0 Å². The highest BCUT2D eigenvalue weighted by Gasteiger charge is 2.34. The van der Waals surface area contributed by atoms with Crippen molar-refractivity contribution in [3.8, 4) is 0 Å². The van der Waals surface area contributed by atoms with Crippen molar-refractivity contribution in [3.05, 3.63) is 92.9 Å². The first kappa shape index (κ1) is 31.7. The number of rotatable bonds is 11. The van der Waals surface area contributed by atoms with Gasteiger partial charge >= 0.3 is 0 Å². The molecule has 0 bridgehead atoms. The average Bonchev–Trinajstić information content (AvgIpc) is 2.90. The predicted molar refractivity (Wildman–Crippen MR) is 162 cm³/mol. The minimum Gasteiger partial charge on any atom is -0.352 e. The van der Waals surface area contributed by atoms with Crippen molar-refractivity contribution in [2.75, 3.05) is 10.8 Å². The van der Waals surface area contributed by atoms with Crippen LogP contribution < -0.4 is 9.62 Å². The zero-order valence-corrected chi connectivity index (χ0v) is 25.8. The van der Waals surface area contributed by atoms with Crippen LogP contribution in [-0.4, -0.2) is 43.8 Å². The summed E-state index contributed by atoms with van der Waals surface area (Å²) < 4.78 is 28.9. The Hall–Kier alpha value is -2.78. The van der Waals surface area contributed by atoms with Crippen molar-refractivity contribution in [1.82, 2.24) is 10.2 Å². The highest BCUT2D eigenvalue weighted by molar-refractivity contribution is 7.92. The number of anilines is 1. The maximum Gasteiger partial charge on any atom is 0.264 e. The fraction of sp³-hybridized carbons (Fsp3) is 0.310. The third-order valence-electron chi connectivity index (χ3n) is 6.29. The molecule has 0 unspecified atom stereocenters. The Morgan fingerprint density at radius 2 is 1.60 bits per heavy atom.